The van der Waals surface area contributed by atoms with Crippen LogP contribution in [-0.4, -0.2) is 34.2 Å². The maximum Gasteiger partial charge on any atom is 0.372 e. The first kappa shape index (κ1) is 13.2. The fourth-order valence-corrected chi connectivity index (χ4v) is 3.42. The summed E-state index contributed by atoms with van der Waals surface area (Å²) < 4.78 is 5.06. The summed E-state index contributed by atoms with van der Waals surface area (Å²) in [5.41, 5.74) is 0.665. The average Bonchev–Trinajstić information content (AvgIpc) is 2.66. The second-order valence-electron chi connectivity index (χ2n) is 6.07. The van der Waals surface area contributed by atoms with Crippen LogP contribution in [0.15, 0.2) is 10.5 Å². The van der Waals surface area contributed by atoms with Crippen molar-refractivity contribution in [2.75, 3.05) is 0 Å². The Hall–Kier alpha value is -1.82. The summed E-state index contributed by atoms with van der Waals surface area (Å²) in [6.45, 7) is 1.60. The monoisotopic (exact) mass is 279 g/mol. The second-order valence-corrected chi connectivity index (χ2v) is 6.07. The molecule has 3 N–H and O–H groups in total. The molecule has 0 aliphatic heterocycles. The van der Waals surface area contributed by atoms with Crippen LogP contribution in [0.3, 0.4) is 0 Å². The van der Waals surface area contributed by atoms with E-state index in [-0.39, 0.29) is 35.0 Å². The maximum atomic E-state index is 12.0. The van der Waals surface area contributed by atoms with Crippen molar-refractivity contribution in [3.05, 3.63) is 23.2 Å². The molecule has 2 aliphatic rings. The van der Waals surface area contributed by atoms with Gasteiger partial charge in [-0.1, -0.05) is 0 Å². The number of carboxylic acid groups (broad SMARTS) is 1. The zero-order valence-corrected chi connectivity index (χ0v) is 11.2. The second kappa shape index (κ2) is 4.34. The lowest BCUT2D eigenvalue weighted by molar-refractivity contribution is -0.0950. The predicted octanol–water partition coefficient (Wildman–Crippen LogP) is 1.32. The summed E-state index contributed by atoms with van der Waals surface area (Å²) in [5, 5.41) is 21.0. The highest BCUT2D eigenvalue weighted by atomic mass is 16.4. The molecule has 0 saturated heterocycles. The van der Waals surface area contributed by atoms with Crippen molar-refractivity contribution < 1.29 is 24.2 Å². The number of aromatic carboxylic acids is 1. The van der Waals surface area contributed by atoms with E-state index in [1.807, 2.05) is 0 Å². The lowest BCUT2D eigenvalue weighted by Gasteiger charge is -2.56. The number of amides is 1. The van der Waals surface area contributed by atoms with Gasteiger partial charge in [-0.3, -0.25) is 4.79 Å². The van der Waals surface area contributed by atoms with Crippen LogP contribution >= 0.6 is 0 Å². The predicted molar refractivity (Wildman–Crippen MR) is 68.6 cm³/mol. The van der Waals surface area contributed by atoms with Gasteiger partial charge in [-0.2, -0.15) is 0 Å². The zero-order chi connectivity index (χ0) is 14.5. The van der Waals surface area contributed by atoms with E-state index in [1.54, 1.807) is 6.92 Å². The number of aliphatic hydroxyl groups excluding tert-OH is 1. The molecule has 0 radical (unpaired) electrons. The lowest BCUT2D eigenvalue weighted by Crippen LogP contribution is -2.57. The van der Waals surface area contributed by atoms with E-state index in [0.717, 1.165) is 25.7 Å². The molecular weight excluding hydrogens is 262 g/mol. The summed E-state index contributed by atoms with van der Waals surface area (Å²) >= 11 is 0. The minimum atomic E-state index is -1.17. The number of carbonyl (C=O) groups excluding carboxylic acids is 1. The number of rotatable bonds is 3. The van der Waals surface area contributed by atoms with E-state index in [4.69, 9.17) is 9.52 Å². The molecule has 1 aromatic heterocycles. The Labute approximate surface area is 115 Å². The highest BCUT2D eigenvalue weighted by Gasteiger charge is 2.52. The molecule has 6 heteroatoms. The van der Waals surface area contributed by atoms with Gasteiger partial charge in [0.15, 0.2) is 5.76 Å². The van der Waals surface area contributed by atoms with Gasteiger partial charge in [0.25, 0.3) is 5.91 Å². The molecule has 6 nitrogen and oxygen atoms in total. The minimum Gasteiger partial charge on any atom is -0.475 e. The smallest absolute Gasteiger partial charge is 0.372 e. The highest BCUT2D eigenvalue weighted by molar-refractivity contribution is 5.94. The molecule has 0 atom stereocenters. The molecule has 0 bridgehead atoms. The third-order valence-electron chi connectivity index (χ3n) is 4.37. The summed E-state index contributed by atoms with van der Waals surface area (Å²) in [6, 6.07) is 1.54. The van der Waals surface area contributed by atoms with E-state index >= 15 is 0 Å². The number of hydrogen-bond donors (Lipinski definition) is 3. The molecular formula is C14H17NO5. The van der Waals surface area contributed by atoms with E-state index in [0.29, 0.717) is 5.56 Å². The molecule has 20 heavy (non-hydrogen) atoms. The van der Waals surface area contributed by atoms with Crippen LogP contribution in [0, 0.1) is 12.3 Å². The van der Waals surface area contributed by atoms with Crippen molar-refractivity contribution in [2.45, 2.75) is 44.8 Å². The van der Waals surface area contributed by atoms with Crippen LogP contribution in [0.2, 0.25) is 0 Å². The first-order valence-corrected chi connectivity index (χ1v) is 6.71. The van der Waals surface area contributed by atoms with Gasteiger partial charge in [0, 0.05) is 11.6 Å². The Morgan fingerprint density at radius 1 is 1.35 bits per heavy atom. The van der Waals surface area contributed by atoms with Gasteiger partial charge in [0.2, 0.25) is 5.76 Å². The molecule has 1 heterocycles. The van der Waals surface area contributed by atoms with E-state index in [2.05, 4.69) is 5.32 Å². The van der Waals surface area contributed by atoms with Crippen molar-refractivity contribution in [1.82, 2.24) is 5.32 Å². The Morgan fingerprint density at radius 2 is 2.00 bits per heavy atom. The van der Waals surface area contributed by atoms with Crippen molar-refractivity contribution in [3.8, 4) is 0 Å². The Kier molecular flexibility index (Phi) is 2.86. The SMILES string of the molecule is Cc1cc(C(=O)NC2CC3(CC(O)C3)C2)oc1C(=O)O. The van der Waals surface area contributed by atoms with Crippen LogP contribution in [0.4, 0.5) is 0 Å². The summed E-state index contributed by atoms with van der Waals surface area (Å²) in [6.07, 6.45) is 3.21. The third kappa shape index (κ3) is 2.10. The van der Waals surface area contributed by atoms with Gasteiger partial charge in [0.05, 0.1) is 6.10 Å². The fraction of sp³-hybridized carbons (Fsp3) is 0.571. The number of aliphatic hydroxyl groups is 1. The Balaban J connectivity index is 1.58. The molecule has 2 saturated carbocycles. The van der Waals surface area contributed by atoms with Crippen LogP contribution in [0.5, 0.6) is 0 Å². The Bertz CT molecular complexity index is 562. The first-order valence-electron chi connectivity index (χ1n) is 6.71. The van der Waals surface area contributed by atoms with Gasteiger partial charge in [-0.15, -0.1) is 0 Å². The van der Waals surface area contributed by atoms with E-state index in [1.165, 1.54) is 6.07 Å². The van der Waals surface area contributed by atoms with Crippen LogP contribution in [0.1, 0.15) is 52.4 Å². The van der Waals surface area contributed by atoms with Crippen molar-refractivity contribution in [1.29, 1.82) is 0 Å². The molecule has 0 unspecified atom stereocenters. The van der Waals surface area contributed by atoms with Crippen LogP contribution in [0.25, 0.3) is 0 Å². The number of nitrogens with one attached hydrogen (secondary N) is 1. The maximum absolute atomic E-state index is 12.0. The normalized spacial score (nSPS) is 31.5. The summed E-state index contributed by atoms with van der Waals surface area (Å²) in [5.74, 6) is -1.70. The molecule has 3 rings (SSSR count). The van der Waals surface area contributed by atoms with Crippen molar-refractivity contribution in [2.24, 2.45) is 5.41 Å². The molecule has 1 spiro atoms. The topological polar surface area (TPSA) is 99.8 Å². The van der Waals surface area contributed by atoms with Gasteiger partial charge >= 0.3 is 5.97 Å². The van der Waals surface area contributed by atoms with Gasteiger partial charge in [-0.05, 0) is 44.1 Å². The Morgan fingerprint density at radius 3 is 2.50 bits per heavy atom. The highest BCUT2D eigenvalue weighted by Crippen LogP contribution is 2.55. The van der Waals surface area contributed by atoms with Crippen LogP contribution in [-0.2, 0) is 0 Å². The summed E-state index contributed by atoms with van der Waals surface area (Å²) in [7, 11) is 0. The van der Waals surface area contributed by atoms with E-state index in [9.17, 15) is 14.7 Å². The van der Waals surface area contributed by atoms with E-state index < -0.39 is 5.97 Å². The largest absolute Gasteiger partial charge is 0.475 e. The third-order valence-corrected chi connectivity index (χ3v) is 4.37. The number of aryl methyl sites for hydroxylation is 1. The van der Waals surface area contributed by atoms with Gasteiger partial charge < -0.3 is 19.9 Å². The molecule has 1 amide bonds. The average molecular weight is 279 g/mol. The minimum absolute atomic E-state index is 0.0366. The standard InChI is InChI=1S/C14H17NO5/c1-7-2-10(20-11(7)13(18)19)12(17)15-8-3-14(4-8)5-9(16)6-14/h2,8-9,16H,3-6H2,1H3,(H,15,17)(H,18,19). The lowest BCUT2D eigenvalue weighted by atomic mass is 9.53. The molecule has 1 aromatic rings. The summed E-state index contributed by atoms with van der Waals surface area (Å²) in [4.78, 5) is 22.8. The number of hydrogen-bond acceptors (Lipinski definition) is 4. The molecule has 2 fully saturated rings. The molecule has 0 aromatic carbocycles. The van der Waals surface area contributed by atoms with Crippen molar-refractivity contribution >= 4 is 11.9 Å². The van der Waals surface area contributed by atoms with Gasteiger partial charge in [-0.25, -0.2) is 4.79 Å². The first-order chi connectivity index (χ1) is 9.38. The number of carbonyl (C=O) groups is 2. The van der Waals surface area contributed by atoms with Crippen molar-refractivity contribution in [3.63, 3.8) is 0 Å². The number of furan rings is 1. The fourth-order valence-electron chi connectivity index (χ4n) is 3.42. The zero-order valence-electron chi connectivity index (χ0n) is 11.2. The molecule has 2 aliphatic carbocycles. The number of carboxylic acids is 1. The van der Waals surface area contributed by atoms with Crippen LogP contribution < -0.4 is 5.32 Å². The molecule has 108 valence electrons. The quantitative estimate of drug-likeness (QED) is 0.775. The van der Waals surface area contributed by atoms with Gasteiger partial charge in [0.1, 0.15) is 0 Å².